The molecule has 0 N–H and O–H groups in total. The Balaban J connectivity index is 1.59. The van der Waals surface area contributed by atoms with Crippen molar-refractivity contribution in [2.45, 2.75) is 13.8 Å². The number of nitrogens with zero attached hydrogens (tertiary/aromatic N) is 2. The van der Waals surface area contributed by atoms with Gasteiger partial charge in [0.2, 0.25) is 0 Å². The second-order valence-corrected chi connectivity index (χ2v) is 9.89. The van der Waals surface area contributed by atoms with Gasteiger partial charge in [0, 0.05) is 5.56 Å². The summed E-state index contributed by atoms with van der Waals surface area (Å²) in [7, 11) is 1.29. The van der Waals surface area contributed by atoms with Crippen molar-refractivity contribution < 1.29 is 23.5 Å². The van der Waals surface area contributed by atoms with E-state index in [-0.39, 0.29) is 16.4 Å². The third-order valence-electron chi connectivity index (χ3n) is 6.58. The van der Waals surface area contributed by atoms with Gasteiger partial charge in [0.05, 0.1) is 29.1 Å². The Morgan fingerprint density at radius 1 is 0.875 bits per heavy atom. The molecule has 4 aromatic rings. The van der Waals surface area contributed by atoms with Gasteiger partial charge in [0.1, 0.15) is 17.1 Å². The van der Waals surface area contributed by atoms with Crippen LogP contribution >= 0.6 is 23.8 Å². The predicted molar refractivity (Wildman–Crippen MR) is 158 cm³/mol. The fraction of sp³-hybridized carbons (Fsp3) is 0.0968. The number of para-hydroxylation sites is 1. The van der Waals surface area contributed by atoms with E-state index in [4.69, 9.17) is 33.0 Å². The molecule has 9 heteroatoms. The number of carbonyl (C=O) groups excluding carboxylic acids is 3. The van der Waals surface area contributed by atoms with Crippen molar-refractivity contribution in [3.63, 3.8) is 0 Å². The number of anilines is 2. The van der Waals surface area contributed by atoms with Gasteiger partial charge in [0.25, 0.3) is 11.8 Å². The molecule has 200 valence electrons. The molecule has 0 radical (unpaired) electrons. The maximum absolute atomic E-state index is 13.8. The number of thiocarbonyl (C=S) groups is 1. The number of hydrogen-bond donors (Lipinski definition) is 0. The maximum atomic E-state index is 13.8. The highest BCUT2D eigenvalue weighted by Gasteiger charge is 2.41. The third-order valence-corrected chi connectivity index (χ3v) is 7.27. The number of methoxy groups -OCH3 is 1. The molecule has 0 saturated carbocycles. The van der Waals surface area contributed by atoms with Gasteiger partial charge in [0.15, 0.2) is 5.11 Å². The number of ether oxygens (including phenoxy) is 1. The lowest BCUT2D eigenvalue weighted by Gasteiger charge is -2.36. The summed E-state index contributed by atoms with van der Waals surface area (Å²) in [4.78, 5) is 42.2. The first-order chi connectivity index (χ1) is 19.2. The summed E-state index contributed by atoms with van der Waals surface area (Å²) in [5.41, 5.74) is 3.73. The molecule has 0 unspecified atom stereocenters. The molecule has 0 spiro atoms. The van der Waals surface area contributed by atoms with Crippen molar-refractivity contribution in [2.24, 2.45) is 0 Å². The van der Waals surface area contributed by atoms with Crippen molar-refractivity contribution in [3.8, 4) is 11.3 Å². The molecule has 1 aliphatic heterocycles. The summed E-state index contributed by atoms with van der Waals surface area (Å²) in [6.45, 7) is 3.92. The Morgan fingerprint density at radius 3 is 2.25 bits per heavy atom. The third kappa shape index (κ3) is 4.95. The van der Waals surface area contributed by atoms with Crippen LogP contribution in [0.3, 0.4) is 0 Å². The molecular weight excluding hydrogens is 548 g/mol. The first-order valence-corrected chi connectivity index (χ1v) is 13.0. The molecule has 5 rings (SSSR count). The monoisotopic (exact) mass is 570 g/mol. The zero-order chi connectivity index (χ0) is 28.6. The average Bonchev–Trinajstić information content (AvgIpc) is 3.42. The lowest BCUT2D eigenvalue weighted by molar-refractivity contribution is -0.120. The Labute approximate surface area is 241 Å². The van der Waals surface area contributed by atoms with E-state index in [0.717, 1.165) is 11.1 Å². The Bertz CT molecular complexity index is 1710. The molecule has 3 aromatic carbocycles. The summed E-state index contributed by atoms with van der Waals surface area (Å²) in [6.07, 6.45) is 1.39. The molecule has 1 aromatic heterocycles. The summed E-state index contributed by atoms with van der Waals surface area (Å²) < 4.78 is 10.8. The van der Waals surface area contributed by atoms with Gasteiger partial charge in [-0.2, -0.15) is 0 Å². The number of esters is 1. The van der Waals surface area contributed by atoms with Crippen LogP contribution in [0, 0.1) is 13.8 Å². The largest absolute Gasteiger partial charge is 0.465 e. The van der Waals surface area contributed by atoms with E-state index in [9.17, 15) is 14.4 Å². The van der Waals surface area contributed by atoms with Gasteiger partial charge >= 0.3 is 5.97 Å². The molecule has 0 bridgehead atoms. The van der Waals surface area contributed by atoms with Crippen LogP contribution in [0.1, 0.15) is 27.2 Å². The van der Waals surface area contributed by atoms with Gasteiger partial charge in [-0.25, -0.2) is 4.79 Å². The topological polar surface area (TPSA) is 80.1 Å². The second-order valence-electron chi connectivity index (χ2n) is 9.11. The van der Waals surface area contributed by atoms with Crippen molar-refractivity contribution in [1.82, 2.24) is 0 Å². The van der Waals surface area contributed by atoms with Crippen LogP contribution in [0.4, 0.5) is 11.4 Å². The number of carbonyl (C=O) groups is 3. The number of rotatable bonds is 5. The van der Waals surface area contributed by atoms with Gasteiger partial charge in [-0.05, 0) is 97.9 Å². The molecule has 7 nitrogen and oxygen atoms in total. The van der Waals surface area contributed by atoms with Crippen LogP contribution in [-0.2, 0) is 14.3 Å². The number of hydrogen-bond acceptors (Lipinski definition) is 6. The highest BCUT2D eigenvalue weighted by Crippen LogP contribution is 2.34. The smallest absolute Gasteiger partial charge is 0.337 e. The van der Waals surface area contributed by atoms with E-state index in [0.29, 0.717) is 33.3 Å². The SMILES string of the molecule is COC(=O)c1ccc(Cl)c(-c2ccc(/C=C3/C(=O)N(c4ccccc4)C(=S)N(c4ccc(C)c(C)c4)C3=O)o2)c1. The molecule has 0 atom stereocenters. The van der Waals surface area contributed by atoms with Gasteiger partial charge in [-0.1, -0.05) is 35.9 Å². The minimum Gasteiger partial charge on any atom is -0.465 e. The summed E-state index contributed by atoms with van der Waals surface area (Å²) in [5.74, 6) is -1.08. The standard InChI is InChI=1S/C31H23ClN2O5S/c1-18-9-11-22(15-19(18)2)34-29(36)25(28(35)33(31(34)40)21-7-5-4-6-8-21)17-23-12-14-27(39-23)24-16-20(30(37)38-3)10-13-26(24)32/h4-17H,1-3H3/b25-17-. The fourth-order valence-corrected chi connectivity index (χ4v) is 4.89. The summed E-state index contributed by atoms with van der Waals surface area (Å²) in [5, 5.41) is 0.403. The molecule has 1 saturated heterocycles. The van der Waals surface area contributed by atoms with E-state index in [1.807, 2.05) is 32.0 Å². The normalized spacial score (nSPS) is 14.7. The first kappa shape index (κ1) is 27.1. The van der Waals surface area contributed by atoms with Crippen LogP contribution < -0.4 is 9.80 Å². The number of amides is 2. The van der Waals surface area contributed by atoms with Crippen LogP contribution in [0.25, 0.3) is 17.4 Å². The first-order valence-electron chi connectivity index (χ1n) is 12.2. The van der Waals surface area contributed by atoms with Crippen molar-refractivity contribution >= 4 is 64.2 Å². The zero-order valence-electron chi connectivity index (χ0n) is 21.8. The lowest BCUT2D eigenvalue weighted by atomic mass is 10.1. The molecular formula is C31H23ClN2O5S. The molecule has 2 heterocycles. The minimum absolute atomic E-state index is 0.0492. The number of furan rings is 1. The summed E-state index contributed by atoms with van der Waals surface area (Å²) >= 11 is 12.1. The minimum atomic E-state index is -0.579. The zero-order valence-corrected chi connectivity index (χ0v) is 23.4. The molecule has 1 aliphatic rings. The highest BCUT2D eigenvalue weighted by atomic mass is 35.5. The second kappa shape index (κ2) is 10.9. The van der Waals surface area contributed by atoms with Gasteiger partial charge in [-0.3, -0.25) is 19.4 Å². The van der Waals surface area contributed by atoms with Gasteiger partial charge in [-0.15, -0.1) is 0 Å². The van der Waals surface area contributed by atoms with Crippen LogP contribution in [0.5, 0.6) is 0 Å². The van der Waals surface area contributed by atoms with E-state index >= 15 is 0 Å². The van der Waals surface area contributed by atoms with Gasteiger partial charge < -0.3 is 9.15 Å². The number of aryl methyl sites for hydroxylation is 2. The Hall–Kier alpha value is -4.53. The molecule has 0 aliphatic carbocycles. The molecule has 2 amide bonds. The molecule has 1 fully saturated rings. The maximum Gasteiger partial charge on any atom is 0.337 e. The number of benzene rings is 3. The van der Waals surface area contributed by atoms with Crippen LogP contribution in [0.15, 0.2) is 88.9 Å². The Kier molecular flexibility index (Phi) is 7.38. The predicted octanol–water partition coefficient (Wildman–Crippen LogP) is 6.75. The van der Waals surface area contributed by atoms with Crippen LogP contribution in [-0.4, -0.2) is 30.0 Å². The van der Waals surface area contributed by atoms with Crippen molar-refractivity contribution in [2.75, 3.05) is 16.9 Å². The summed E-state index contributed by atoms with van der Waals surface area (Å²) in [6, 6.07) is 22.4. The van der Waals surface area contributed by atoms with Crippen molar-refractivity contribution in [1.29, 1.82) is 0 Å². The quantitative estimate of drug-likeness (QED) is 0.114. The Morgan fingerprint density at radius 2 is 1.57 bits per heavy atom. The van der Waals surface area contributed by atoms with Crippen LogP contribution in [0.2, 0.25) is 5.02 Å². The van der Waals surface area contributed by atoms with Crippen molar-refractivity contribution in [3.05, 3.63) is 112 Å². The lowest BCUT2D eigenvalue weighted by Crippen LogP contribution is -2.57. The molecule has 40 heavy (non-hydrogen) atoms. The fourth-order valence-electron chi connectivity index (χ4n) is 4.30. The average molecular weight is 571 g/mol. The van der Waals surface area contributed by atoms with E-state index in [1.54, 1.807) is 60.7 Å². The van der Waals surface area contributed by atoms with E-state index in [2.05, 4.69) is 0 Å². The number of halogens is 1. The highest BCUT2D eigenvalue weighted by molar-refractivity contribution is 7.81. The van der Waals surface area contributed by atoms with E-state index in [1.165, 1.54) is 23.0 Å². The van der Waals surface area contributed by atoms with E-state index < -0.39 is 17.8 Å².